The van der Waals surface area contributed by atoms with E-state index in [1.165, 1.54) is 67.4 Å². The van der Waals surface area contributed by atoms with Gasteiger partial charge in [-0.3, -0.25) is 0 Å². The van der Waals surface area contributed by atoms with E-state index < -0.39 is 0 Å². The second-order valence-electron chi connectivity index (χ2n) is 8.37. The molecule has 4 nitrogen and oxygen atoms in total. The van der Waals surface area contributed by atoms with Gasteiger partial charge in [0.05, 0.1) is 18.6 Å². The molecule has 2 aromatic heterocycles. The molecule has 0 amide bonds. The molecule has 0 bridgehead atoms. The average molecular weight is 372 g/mol. The van der Waals surface area contributed by atoms with Crippen LogP contribution in [-0.4, -0.2) is 36.3 Å². The van der Waals surface area contributed by atoms with Gasteiger partial charge < -0.3 is 9.64 Å². The van der Waals surface area contributed by atoms with Crippen molar-refractivity contribution >= 4 is 27.4 Å². The molecule has 5 rings (SSSR count). The second-order valence-corrected chi connectivity index (χ2v) is 9.46. The number of ether oxygens (including phenoxy) is 1. The second kappa shape index (κ2) is 7.08. The van der Waals surface area contributed by atoms with Crippen molar-refractivity contribution in [2.24, 2.45) is 5.92 Å². The molecule has 5 heteroatoms. The van der Waals surface area contributed by atoms with Crippen LogP contribution in [0.5, 0.6) is 0 Å². The molecule has 0 aromatic carbocycles. The highest BCUT2D eigenvalue weighted by Crippen LogP contribution is 2.42. The molecule has 1 saturated heterocycles. The Hall–Kier alpha value is -1.20. The number of morpholine rings is 1. The standard InChI is InChI=1S/C21H29N3OS/c1-14-7-8-16-17(13-14)26-21-18(16)20(24-9-11-25-12-10-24)22-19(23-21)15-5-3-2-4-6-15/h14-15H,2-13H2,1H3/t14-/m1/s1. The summed E-state index contributed by atoms with van der Waals surface area (Å²) in [7, 11) is 0. The third kappa shape index (κ3) is 3.03. The van der Waals surface area contributed by atoms with E-state index in [1.54, 1.807) is 10.4 Å². The quantitative estimate of drug-likeness (QED) is 0.767. The van der Waals surface area contributed by atoms with E-state index in [0.717, 1.165) is 38.0 Å². The van der Waals surface area contributed by atoms with Crippen molar-refractivity contribution in [3.8, 4) is 0 Å². The van der Waals surface area contributed by atoms with Crippen molar-refractivity contribution in [2.45, 2.75) is 64.2 Å². The third-order valence-electron chi connectivity index (χ3n) is 6.43. The fourth-order valence-electron chi connectivity index (χ4n) is 4.89. The van der Waals surface area contributed by atoms with Gasteiger partial charge in [0.15, 0.2) is 0 Å². The zero-order valence-electron chi connectivity index (χ0n) is 15.8. The number of nitrogens with zero attached hydrogens (tertiary/aromatic N) is 3. The summed E-state index contributed by atoms with van der Waals surface area (Å²) in [6.45, 7) is 5.92. The zero-order valence-corrected chi connectivity index (χ0v) is 16.6. The SMILES string of the molecule is C[C@@H]1CCc2c(sc3nc(C4CCCCC4)nc(N4CCOCC4)c23)C1. The van der Waals surface area contributed by atoms with Crippen molar-refractivity contribution in [3.63, 3.8) is 0 Å². The molecule has 3 aliphatic rings. The van der Waals surface area contributed by atoms with Crippen molar-refractivity contribution in [1.82, 2.24) is 9.97 Å². The lowest BCUT2D eigenvalue weighted by atomic mass is 9.88. The summed E-state index contributed by atoms with van der Waals surface area (Å²) in [4.78, 5) is 15.6. The Bertz CT molecular complexity index is 790. The molecule has 1 saturated carbocycles. The monoisotopic (exact) mass is 371 g/mol. The number of rotatable bonds is 2. The summed E-state index contributed by atoms with van der Waals surface area (Å²) < 4.78 is 5.61. The molecule has 0 N–H and O–H groups in total. The average Bonchev–Trinajstić information content (AvgIpc) is 3.06. The molecule has 2 aromatic rings. The predicted molar refractivity (Wildman–Crippen MR) is 107 cm³/mol. The minimum atomic E-state index is 0.561. The lowest BCUT2D eigenvalue weighted by Gasteiger charge is -2.30. The van der Waals surface area contributed by atoms with Gasteiger partial charge in [0.1, 0.15) is 16.5 Å². The number of aromatic nitrogens is 2. The summed E-state index contributed by atoms with van der Waals surface area (Å²) >= 11 is 1.95. The van der Waals surface area contributed by atoms with E-state index >= 15 is 0 Å². The van der Waals surface area contributed by atoms with Crippen molar-refractivity contribution < 1.29 is 4.74 Å². The molecule has 26 heavy (non-hydrogen) atoms. The van der Waals surface area contributed by atoms with E-state index in [1.807, 2.05) is 11.3 Å². The molecule has 1 atom stereocenters. The first-order valence-corrected chi connectivity index (χ1v) is 11.3. The molecule has 0 spiro atoms. The number of fused-ring (bicyclic) bond motifs is 3. The molecule has 3 heterocycles. The van der Waals surface area contributed by atoms with Crippen LogP contribution in [0.2, 0.25) is 0 Å². The van der Waals surface area contributed by atoms with Gasteiger partial charge in [-0.15, -0.1) is 11.3 Å². The van der Waals surface area contributed by atoms with Crippen LogP contribution < -0.4 is 4.90 Å². The first-order chi connectivity index (χ1) is 12.8. The lowest BCUT2D eigenvalue weighted by Crippen LogP contribution is -2.37. The van der Waals surface area contributed by atoms with Gasteiger partial charge in [-0.1, -0.05) is 26.2 Å². The predicted octanol–water partition coefficient (Wildman–Crippen LogP) is 4.70. The van der Waals surface area contributed by atoms with Gasteiger partial charge in [-0.2, -0.15) is 0 Å². The largest absolute Gasteiger partial charge is 0.378 e. The Morgan fingerprint density at radius 3 is 2.65 bits per heavy atom. The van der Waals surface area contributed by atoms with Crippen LogP contribution in [0.3, 0.4) is 0 Å². The third-order valence-corrected chi connectivity index (χ3v) is 7.58. The minimum Gasteiger partial charge on any atom is -0.378 e. The fraction of sp³-hybridized carbons (Fsp3) is 0.714. The number of thiophene rings is 1. The van der Waals surface area contributed by atoms with Crippen LogP contribution in [0, 0.1) is 5.92 Å². The maximum atomic E-state index is 5.61. The van der Waals surface area contributed by atoms with Crippen LogP contribution >= 0.6 is 11.3 Å². The Kier molecular flexibility index (Phi) is 4.61. The summed E-state index contributed by atoms with van der Waals surface area (Å²) in [5, 5.41) is 1.37. The molecule has 140 valence electrons. The summed E-state index contributed by atoms with van der Waals surface area (Å²) in [6.07, 6.45) is 10.3. The summed E-state index contributed by atoms with van der Waals surface area (Å²) in [6, 6.07) is 0. The maximum Gasteiger partial charge on any atom is 0.141 e. The molecule has 0 radical (unpaired) electrons. The number of aryl methyl sites for hydroxylation is 1. The summed E-state index contributed by atoms with van der Waals surface area (Å²) in [5.74, 6) is 3.69. The van der Waals surface area contributed by atoms with Crippen LogP contribution in [0.1, 0.15) is 67.6 Å². The molecule has 1 aliphatic heterocycles. The highest BCUT2D eigenvalue weighted by Gasteiger charge is 2.28. The van der Waals surface area contributed by atoms with Gasteiger partial charge in [0.25, 0.3) is 0 Å². The van der Waals surface area contributed by atoms with Gasteiger partial charge >= 0.3 is 0 Å². The van der Waals surface area contributed by atoms with Gasteiger partial charge in [-0.25, -0.2) is 9.97 Å². The molecular formula is C21H29N3OS. The van der Waals surface area contributed by atoms with Crippen molar-refractivity contribution in [1.29, 1.82) is 0 Å². The lowest BCUT2D eigenvalue weighted by molar-refractivity contribution is 0.122. The molecule has 0 unspecified atom stereocenters. The first kappa shape index (κ1) is 16.9. The number of hydrogen-bond donors (Lipinski definition) is 0. The minimum absolute atomic E-state index is 0.561. The highest BCUT2D eigenvalue weighted by atomic mass is 32.1. The Balaban J connectivity index is 1.64. The van der Waals surface area contributed by atoms with Gasteiger partial charge in [0.2, 0.25) is 0 Å². The number of anilines is 1. The Labute approximate surface area is 160 Å². The van der Waals surface area contributed by atoms with E-state index in [9.17, 15) is 0 Å². The van der Waals surface area contributed by atoms with E-state index in [-0.39, 0.29) is 0 Å². The maximum absolute atomic E-state index is 5.61. The smallest absolute Gasteiger partial charge is 0.141 e. The normalized spacial score (nSPS) is 24.8. The van der Waals surface area contributed by atoms with Gasteiger partial charge in [-0.05, 0) is 43.6 Å². The van der Waals surface area contributed by atoms with E-state index in [2.05, 4.69) is 11.8 Å². The Morgan fingerprint density at radius 1 is 1.04 bits per heavy atom. The van der Waals surface area contributed by atoms with Crippen molar-refractivity contribution in [2.75, 3.05) is 31.2 Å². The first-order valence-electron chi connectivity index (χ1n) is 10.4. The molecule has 2 fully saturated rings. The van der Waals surface area contributed by atoms with Crippen LogP contribution in [0.25, 0.3) is 10.2 Å². The number of hydrogen-bond acceptors (Lipinski definition) is 5. The molecule has 2 aliphatic carbocycles. The van der Waals surface area contributed by atoms with E-state index in [4.69, 9.17) is 14.7 Å². The highest BCUT2D eigenvalue weighted by molar-refractivity contribution is 7.19. The van der Waals surface area contributed by atoms with E-state index in [0.29, 0.717) is 5.92 Å². The van der Waals surface area contributed by atoms with Gasteiger partial charge in [0, 0.05) is 23.9 Å². The Morgan fingerprint density at radius 2 is 1.85 bits per heavy atom. The molecular weight excluding hydrogens is 342 g/mol. The topological polar surface area (TPSA) is 38.2 Å². The fourth-order valence-corrected chi connectivity index (χ4v) is 6.27. The van der Waals surface area contributed by atoms with Crippen LogP contribution in [0.4, 0.5) is 5.82 Å². The summed E-state index contributed by atoms with van der Waals surface area (Å²) in [5.41, 5.74) is 1.56. The zero-order chi connectivity index (χ0) is 17.5. The van der Waals surface area contributed by atoms with Crippen molar-refractivity contribution in [3.05, 3.63) is 16.3 Å². The van der Waals surface area contributed by atoms with Crippen LogP contribution in [-0.2, 0) is 17.6 Å². The van der Waals surface area contributed by atoms with Crippen LogP contribution in [0.15, 0.2) is 0 Å².